The molecule has 33 heavy (non-hydrogen) atoms. The van der Waals surface area contributed by atoms with Crippen LogP contribution in [0.2, 0.25) is 0 Å². The highest BCUT2D eigenvalue weighted by Gasteiger charge is 2.69. The zero-order valence-electron chi connectivity index (χ0n) is 22.4. The summed E-state index contributed by atoms with van der Waals surface area (Å²) in [7, 11) is 0. The van der Waals surface area contributed by atoms with E-state index >= 15 is 0 Å². The van der Waals surface area contributed by atoms with Gasteiger partial charge in [-0.1, -0.05) is 60.1 Å². The van der Waals surface area contributed by atoms with Crippen LogP contribution in [0.4, 0.5) is 0 Å². The molecule has 0 aromatic heterocycles. The van der Waals surface area contributed by atoms with Gasteiger partial charge in [-0.05, 0) is 103 Å². The van der Waals surface area contributed by atoms with Crippen molar-refractivity contribution in [3.8, 4) is 0 Å². The minimum absolute atomic E-state index is 0.0275. The van der Waals surface area contributed by atoms with E-state index in [2.05, 4.69) is 54.5 Å². The molecule has 3 nitrogen and oxygen atoms in total. The van der Waals surface area contributed by atoms with Gasteiger partial charge in [-0.25, -0.2) is 0 Å². The first-order valence-corrected chi connectivity index (χ1v) is 13.9. The fourth-order valence-corrected chi connectivity index (χ4v) is 10.7. The molecule has 4 fully saturated rings. The molecule has 0 saturated heterocycles. The van der Waals surface area contributed by atoms with Gasteiger partial charge in [-0.3, -0.25) is 0 Å². The Morgan fingerprint density at radius 1 is 0.818 bits per heavy atom. The number of hydrogen-bond donors (Lipinski definition) is 3. The molecule has 9 atom stereocenters. The zero-order valence-corrected chi connectivity index (χ0v) is 22.4. The van der Waals surface area contributed by atoms with Gasteiger partial charge in [0.2, 0.25) is 0 Å². The average molecular weight is 459 g/mol. The molecule has 0 radical (unpaired) electrons. The summed E-state index contributed by atoms with van der Waals surface area (Å²) in [6, 6.07) is 0. The summed E-state index contributed by atoms with van der Waals surface area (Å²) >= 11 is 0. The quantitative estimate of drug-likeness (QED) is 0.415. The lowest BCUT2D eigenvalue weighted by molar-refractivity contribution is -0.218. The maximum absolute atomic E-state index is 11.7. The Morgan fingerprint density at radius 3 is 2.18 bits per heavy atom. The van der Waals surface area contributed by atoms with E-state index in [1.54, 1.807) is 5.57 Å². The molecule has 0 amide bonds. The first kappa shape index (κ1) is 24.3. The van der Waals surface area contributed by atoms with Gasteiger partial charge in [0.25, 0.3) is 0 Å². The monoisotopic (exact) mass is 458 g/mol. The molecule has 3 N–H and O–H groups in total. The Morgan fingerprint density at radius 2 is 1.52 bits per heavy atom. The normalized spacial score (nSPS) is 54.8. The van der Waals surface area contributed by atoms with Crippen molar-refractivity contribution in [2.75, 3.05) is 6.61 Å². The Labute approximate surface area is 202 Å². The van der Waals surface area contributed by atoms with E-state index in [1.165, 1.54) is 12.8 Å². The number of hydrogen-bond acceptors (Lipinski definition) is 3. The van der Waals surface area contributed by atoms with E-state index in [0.29, 0.717) is 11.8 Å². The van der Waals surface area contributed by atoms with Crippen molar-refractivity contribution >= 4 is 0 Å². The molecule has 188 valence electrons. The molecular weight excluding hydrogens is 408 g/mol. The van der Waals surface area contributed by atoms with Gasteiger partial charge in [0.1, 0.15) is 0 Å². The Balaban J connectivity index is 1.61. The van der Waals surface area contributed by atoms with E-state index in [-0.39, 0.29) is 51.1 Å². The van der Waals surface area contributed by atoms with Crippen LogP contribution in [0.1, 0.15) is 106 Å². The molecule has 0 heterocycles. The summed E-state index contributed by atoms with van der Waals surface area (Å²) in [5.41, 5.74) is 1.78. The highest BCUT2D eigenvalue weighted by atomic mass is 16.3. The average Bonchev–Trinajstić information content (AvgIpc) is 2.71. The van der Waals surface area contributed by atoms with Gasteiger partial charge in [-0.2, -0.15) is 0 Å². The number of aliphatic hydroxyl groups is 3. The molecule has 0 unspecified atom stereocenters. The molecule has 5 aliphatic carbocycles. The number of aliphatic hydroxyl groups excluding tert-OH is 3. The predicted octanol–water partition coefficient (Wildman–Crippen LogP) is 6.11. The SMILES string of the molecule is CC1(C)CC[C@]2(CO)[C@H](O)C[C@]3(C)C(=CC[C@@H]4[C@]5(C)CC[C@H](O)C(C)(C)[C@@H]5CC[C@]43C)[C@@H]2C1. The van der Waals surface area contributed by atoms with Gasteiger partial charge in [-0.15, -0.1) is 0 Å². The van der Waals surface area contributed by atoms with E-state index in [4.69, 9.17) is 0 Å². The summed E-state index contributed by atoms with van der Waals surface area (Å²) in [5, 5.41) is 33.3. The van der Waals surface area contributed by atoms with Crippen molar-refractivity contribution in [3.63, 3.8) is 0 Å². The molecule has 5 aliphatic rings. The second-order valence-corrected chi connectivity index (χ2v) is 15.2. The molecule has 0 aliphatic heterocycles. The molecule has 3 heteroatoms. The van der Waals surface area contributed by atoms with Crippen molar-refractivity contribution in [2.45, 2.75) is 118 Å². The van der Waals surface area contributed by atoms with Gasteiger partial charge in [0.05, 0.1) is 18.8 Å². The molecule has 0 bridgehead atoms. The van der Waals surface area contributed by atoms with Crippen LogP contribution in [-0.4, -0.2) is 34.1 Å². The third-order valence-corrected chi connectivity index (χ3v) is 13.2. The van der Waals surface area contributed by atoms with E-state index < -0.39 is 6.10 Å². The Kier molecular flexibility index (Phi) is 5.23. The van der Waals surface area contributed by atoms with E-state index in [0.717, 1.165) is 44.9 Å². The van der Waals surface area contributed by atoms with Gasteiger partial charge in [0, 0.05) is 5.41 Å². The fraction of sp³-hybridized carbons (Fsp3) is 0.933. The molecule has 0 aromatic rings. The minimum Gasteiger partial charge on any atom is -0.396 e. The van der Waals surface area contributed by atoms with Gasteiger partial charge >= 0.3 is 0 Å². The second-order valence-electron chi connectivity index (χ2n) is 15.2. The minimum atomic E-state index is -0.434. The van der Waals surface area contributed by atoms with Crippen molar-refractivity contribution < 1.29 is 15.3 Å². The first-order valence-electron chi connectivity index (χ1n) is 13.9. The molecule has 4 saturated carbocycles. The lowest BCUT2D eigenvalue weighted by Crippen LogP contribution is -2.67. The fourth-order valence-electron chi connectivity index (χ4n) is 10.7. The smallest absolute Gasteiger partial charge is 0.0632 e. The third-order valence-electron chi connectivity index (χ3n) is 13.2. The van der Waals surface area contributed by atoms with Crippen LogP contribution in [0.25, 0.3) is 0 Å². The summed E-state index contributed by atoms with van der Waals surface area (Å²) in [6.45, 7) is 17.0. The van der Waals surface area contributed by atoms with Crippen molar-refractivity contribution in [1.82, 2.24) is 0 Å². The number of fused-ring (bicyclic) bond motifs is 7. The van der Waals surface area contributed by atoms with Crippen LogP contribution < -0.4 is 0 Å². The molecule has 0 spiro atoms. The number of rotatable bonds is 1. The molecule has 0 aromatic carbocycles. The van der Waals surface area contributed by atoms with E-state index in [9.17, 15) is 15.3 Å². The van der Waals surface area contributed by atoms with Crippen LogP contribution in [0, 0.1) is 50.2 Å². The van der Waals surface area contributed by atoms with Crippen LogP contribution in [0.5, 0.6) is 0 Å². The largest absolute Gasteiger partial charge is 0.396 e. The second kappa shape index (κ2) is 7.10. The highest BCUT2D eigenvalue weighted by molar-refractivity contribution is 5.35. The Bertz CT molecular complexity index is 843. The van der Waals surface area contributed by atoms with Crippen molar-refractivity contribution in [3.05, 3.63) is 11.6 Å². The van der Waals surface area contributed by atoms with Crippen molar-refractivity contribution in [2.24, 2.45) is 50.2 Å². The summed E-state index contributed by atoms with van der Waals surface area (Å²) < 4.78 is 0. The first-order chi connectivity index (χ1) is 15.2. The van der Waals surface area contributed by atoms with Gasteiger partial charge in [0.15, 0.2) is 0 Å². The lowest BCUT2D eigenvalue weighted by atomic mass is 9.33. The summed E-state index contributed by atoms with van der Waals surface area (Å²) in [4.78, 5) is 0. The highest BCUT2D eigenvalue weighted by Crippen LogP contribution is 2.75. The maximum atomic E-state index is 11.7. The Hall–Kier alpha value is -0.380. The van der Waals surface area contributed by atoms with Crippen LogP contribution in [-0.2, 0) is 0 Å². The molecular formula is C30H50O3. The lowest BCUT2D eigenvalue weighted by Gasteiger charge is -2.72. The predicted molar refractivity (Wildman–Crippen MR) is 134 cm³/mol. The standard InChI is InChI=1S/C30H50O3/c1-25(2)14-15-30(18-31)20(16-25)19-8-9-22-27(5)12-11-23(32)26(3,4)21(27)10-13-28(22,6)29(19,7)17-24(30)33/h8,20-24,31-33H,9-18H2,1-7H3/t20-,21-,22+,23-,24+,27+,28+,29+,30+/m0/s1. The van der Waals surface area contributed by atoms with E-state index in [1.807, 2.05) is 0 Å². The summed E-state index contributed by atoms with van der Waals surface area (Å²) in [5.74, 6) is 1.41. The van der Waals surface area contributed by atoms with Crippen molar-refractivity contribution in [1.29, 1.82) is 0 Å². The van der Waals surface area contributed by atoms with Crippen LogP contribution in [0.3, 0.4) is 0 Å². The third kappa shape index (κ3) is 2.91. The molecule has 5 rings (SSSR count). The van der Waals surface area contributed by atoms with Crippen LogP contribution in [0.15, 0.2) is 11.6 Å². The zero-order chi connectivity index (χ0) is 24.2. The maximum Gasteiger partial charge on any atom is 0.0632 e. The summed E-state index contributed by atoms with van der Waals surface area (Å²) in [6.07, 6.45) is 11.3. The topological polar surface area (TPSA) is 60.7 Å². The number of allylic oxidation sites excluding steroid dienone is 2. The van der Waals surface area contributed by atoms with Gasteiger partial charge < -0.3 is 15.3 Å². The van der Waals surface area contributed by atoms with Crippen LogP contribution >= 0.6 is 0 Å².